The lowest BCUT2D eigenvalue weighted by atomic mass is 9.86. The maximum Gasteiger partial charge on any atom is 0.254 e. The second-order valence-electron chi connectivity index (χ2n) is 6.81. The number of benzene rings is 1. The van der Waals surface area contributed by atoms with Crippen molar-refractivity contribution >= 4 is 17.2 Å². The summed E-state index contributed by atoms with van der Waals surface area (Å²) in [4.78, 5) is 15.9. The van der Waals surface area contributed by atoms with E-state index in [1.165, 1.54) is 11.1 Å². The van der Waals surface area contributed by atoms with Crippen LogP contribution in [0.5, 0.6) is 0 Å². The van der Waals surface area contributed by atoms with Gasteiger partial charge in [0.2, 0.25) is 0 Å². The Morgan fingerprint density at radius 3 is 2.85 bits per heavy atom. The van der Waals surface area contributed by atoms with Gasteiger partial charge in [-0.25, -0.2) is 0 Å². The van der Waals surface area contributed by atoms with Crippen LogP contribution in [0.3, 0.4) is 0 Å². The average molecular weight is 366 g/mol. The quantitative estimate of drug-likeness (QED) is 0.727. The topological polar surface area (TPSA) is 49.0 Å². The summed E-state index contributed by atoms with van der Waals surface area (Å²) in [7, 11) is 0. The minimum Gasteiger partial charge on any atom is -0.339 e. The highest BCUT2D eigenvalue weighted by Gasteiger charge is 2.26. The maximum absolute atomic E-state index is 12.9. The van der Waals surface area contributed by atoms with Gasteiger partial charge in [0, 0.05) is 35.1 Å². The molecule has 0 saturated carbocycles. The van der Waals surface area contributed by atoms with E-state index < -0.39 is 0 Å². The van der Waals surface area contributed by atoms with E-state index in [4.69, 9.17) is 0 Å². The number of rotatable bonds is 4. The number of aromatic nitrogens is 2. The molecule has 1 aliphatic rings. The van der Waals surface area contributed by atoms with Gasteiger partial charge in [-0.15, -0.1) is 11.3 Å². The third-order valence-electron chi connectivity index (χ3n) is 5.29. The normalized spacial score (nSPS) is 15.3. The van der Waals surface area contributed by atoms with Gasteiger partial charge in [0.15, 0.2) is 0 Å². The van der Waals surface area contributed by atoms with Gasteiger partial charge in [0.1, 0.15) is 0 Å². The van der Waals surface area contributed by atoms with Gasteiger partial charge in [-0.1, -0.05) is 31.2 Å². The first kappa shape index (κ1) is 17.0. The summed E-state index contributed by atoms with van der Waals surface area (Å²) in [6.07, 6.45) is 6.80. The summed E-state index contributed by atoms with van der Waals surface area (Å²) in [6, 6.07) is 10.7. The van der Waals surface area contributed by atoms with E-state index in [1.807, 2.05) is 22.5 Å². The molecular formula is C21H23N3OS. The first-order valence-electron chi connectivity index (χ1n) is 9.21. The SMILES string of the molecule is CCc1ccccc1C1CCN(C(=O)c2csc(-c3cn[nH]c3)c2)CC1. The van der Waals surface area contributed by atoms with E-state index in [9.17, 15) is 4.79 Å². The molecule has 3 aromatic rings. The Labute approximate surface area is 157 Å². The van der Waals surface area contributed by atoms with Gasteiger partial charge < -0.3 is 4.90 Å². The second kappa shape index (κ2) is 7.46. The summed E-state index contributed by atoms with van der Waals surface area (Å²) in [6.45, 7) is 3.88. The molecule has 1 aromatic carbocycles. The molecule has 0 aliphatic carbocycles. The Hall–Kier alpha value is -2.40. The fraction of sp³-hybridized carbons (Fsp3) is 0.333. The van der Waals surface area contributed by atoms with Crippen LogP contribution in [0.25, 0.3) is 10.4 Å². The predicted octanol–water partition coefficient (Wildman–Crippen LogP) is 4.72. The molecule has 0 atom stereocenters. The third-order valence-corrected chi connectivity index (χ3v) is 6.27. The highest BCUT2D eigenvalue weighted by molar-refractivity contribution is 7.13. The molecule has 0 unspecified atom stereocenters. The fourth-order valence-electron chi connectivity index (χ4n) is 3.82. The number of aryl methyl sites for hydroxylation is 1. The zero-order chi connectivity index (χ0) is 17.9. The van der Waals surface area contributed by atoms with Crippen molar-refractivity contribution in [1.29, 1.82) is 0 Å². The van der Waals surface area contributed by atoms with Crippen LogP contribution < -0.4 is 0 Å². The van der Waals surface area contributed by atoms with Gasteiger partial charge in [-0.3, -0.25) is 9.89 Å². The fourth-order valence-corrected chi connectivity index (χ4v) is 4.68. The van der Waals surface area contributed by atoms with Crippen LogP contribution in [0.2, 0.25) is 0 Å². The number of H-pyrrole nitrogens is 1. The number of piperidine rings is 1. The first-order chi connectivity index (χ1) is 12.8. The molecule has 4 nitrogen and oxygen atoms in total. The van der Waals surface area contributed by atoms with Crippen molar-refractivity contribution in [2.24, 2.45) is 0 Å². The molecule has 3 heterocycles. The van der Waals surface area contributed by atoms with E-state index in [0.717, 1.165) is 48.4 Å². The molecule has 26 heavy (non-hydrogen) atoms. The van der Waals surface area contributed by atoms with Crippen LogP contribution in [-0.4, -0.2) is 34.1 Å². The number of thiophene rings is 1. The van der Waals surface area contributed by atoms with Crippen LogP contribution in [-0.2, 0) is 6.42 Å². The number of likely N-dealkylation sites (tertiary alicyclic amines) is 1. The lowest BCUT2D eigenvalue weighted by Crippen LogP contribution is -2.37. The van der Waals surface area contributed by atoms with Gasteiger partial charge >= 0.3 is 0 Å². The van der Waals surface area contributed by atoms with E-state index in [1.54, 1.807) is 17.5 Å². The summed E-state index contributed by atoms with van der Waals surface area (Å²) in [5.74, 6) is 0.720. The van der Waals surface area contributed by atoms with E-state index in [2.05, 4.69) is 41.4 Å². The molecule has 1 fully saturated rings. The van der Waals surface area contributed by atoms with Crippen molar-refractivity contribution in [1.82, 2.24) is 15.1 Å². The predicted molar refractivity (Wildman–Crippen MR) is 106 cm³/mol. The zero-order valence-corrected chi connectivity index (χ0v) is 15.8. The van der Waals surface area contributed by atoms with Crippen molar-refractivity contribution in [2.45, 2.75) is 32.1 Å². The number of amides is 1. The van der Waals surface area contributed by atoms with E-state index >= 15 is 0 Å². The van der Waals surface area contributed by atoms with Crippen LogP contribution in [0.15, 0.2) is 48.1 Å². The Bertz CT molecular complexity index is 876. The number of aromatic amines is 1. The molecule has 134 valence electrons. The molecule has 5 heteroatoms. The molecule has 4 rings (SSSR count). The molecule has 1 saturated heterocycles. The van der Waals surface area contributed by atoms with E-state index in [-0.39, 0.29) is 5.91 Å². The summed E-state index contributed by atoms with van der Waals surface area (Å²) in [5.41, 5.74) is 4.74. The second-order valence-corrected chi connectivity index (χ2v) is 7.72. The molecule has 2 aromatic heterocycles. The number of nitrogens with one attached hydrogen (secondary N) is 1. The maximum atomic E-state index is 12.9. The third kappa shape index (κ3) is 3.31. The van der Waals surface area contributed by atoms with Crippen LogP contribution in [0.1, 0.15) is 47.2 Å². The molecule has 0 spiro atoms. The number of nitrogens with zero attached hydrogens (tertiary/aromatic N) is 2. The lowest BCUT2D eigenvalue weighted by Gasteiger charge is -2.33. The molecular weight excluding hydrogens is 342 g/mol. The van der Waals surface area contributed by atoms with Crippen molar-refractivity contribution < 1.29 is 4.79 Å². The van der Waals surface area contributed by atoms with Crippen molar-refractivity contribution in [3.8, 4) is 10.4 Å². The van der Waals surface area contributed by atoms with Crippen molar-refractivity contribution in [3.05, 3.63) is 64.8 Å². The van der Waals surface area contributed by atoms with Crippen molar-refractivity contribution in [2.75, 3.05) is 13.1 Å². The van der Waals surface area contributed by atoms with Crippen molar-refractivity contribution in [3.63, 3.8) is 0 Å². The Kier molecular flexibility index (Phi) is 4.89. The minimum atomic E-state index is 0.151. The minimum absolute atomic E-state index is 0.151. The van der Waals surface area contributed by atoms with Crippen LogP contribution >= 0.6 is 11.3 Å². The monoisotopic (exact) mass is 365 g/mol. The molecule has 1 aliphatic heterocycles. The highest BCUT2D eigenvalue weighted by Crippen LogP contribution is 2.32. The number of hydrogen-bond acceptors (Lipinski definition) is 3. The zero-order valence-electron chi connectivity index (χ0n) is 14.9. The molecule has 1 amide bonds. The largest absolute Gasteiger partial charge is 0.339 e. The lowest BCUT2D eigenvalue weighted by molar-refractivity contribution is 0.0713. The summed E-state index contributed by atoms with van der Waals surface area (Å²) in [5, 5.41) is 8.76. The van der Waals surface area contributed by atoms with Gasteiger partial charge in [0.05, 0.1) is 11.8 Å². The van der Waals surface area contributed by atoms with Gasteiger partial charge in [-0.2, -0.15) is 5.10 Å². The van der Waals surface area contributed by atoms with Gasteiger partial charge in [-0.05, 0) is 42.4 Å². The van der Waals surface area contributed by atoms with Crippen LogP contribution in [0, 0.1) is 0 Å². The highest BCUT2D eigenvalue weighted by atomic mass is 32.1. The standard InChI is InChI=1S/C21H23N3OS/c1-2-15-5-3-4-6-19(15)16-7-9-24(10-8-16)21(25)17-11-20(26-14-17)18-12-22-23-13-18/h3-6,11-14,16H,2,7-10H2,1H3,(H,22,23). The van der Waals surface area contributed by atoms with Crippen LogP contribution in [0.4, 0.5) is 0 Å². The Balaban J connectivity index is 1.42. The first-order valence-corrected chi connectivity index (χ1v) is 10.1. The van der Waals surface area contributed by atoms with E-state index in [0.29, 0.717) is 5.92 Å². The Morgan fingerprint density at radius 2 is 2.12 bits per heavy atom. The van der Waals surface area contributed by atoms with Gasteiger partial charge in [0.25, 0.3) is 5.91 Å². The number of carbonyl (C=O) groups is 1. The molecule has 1 N–H and O–H groups in total. The molecule has 0 radical (unpaired) electrons. The summed E-state index contributed by atoms with van der Waals surface area (Å²) < 4.78 is 0. The number of carbonyl (C=O) groups excluding carboxylic acids is 1. The number of hydrogen-bond donors (Lipinski definition) is 1. The Morgan fingerprint density at radius 1 is 1.31 bits per heavy atom. The molecule has 0 bridgehead atoms. The smallest absolute Gasteiger partial charge is 0.254 e. The average Bonchev–Trinajstić information content (AvgIpc) is 3.39. The summed E-state index contributed by atoms with van der Waals surface area (Å²) >= 11 is 1.59.